The van der Waals surface area contributed by atoms with E-state index < -0.39 is 12.2 Å². The number of likely N-dealkylation sites (N-methyl/N-ethyl adjacent to an activating group) is 1. The summed E-state index contributed by atoms with van der Waals surface area (Å²) in [5.41, 5.74) is 5.75. The second-order valence-corrected chi connectivity index (χ2v) is 13.9. The molecule has 48 heavy (non-hydrogen) atoms. The molecular formula is C36H48N8O4. The predicted molar refractivity (Wildman–Crippen MR) is 184 cm³/mol. The van der Waals surface area contributed by atoms with Gasteiger partial charge in [0.05, 0.1) is 17.4 Å². The number of ether oxygens (including phenoxy) is 1. The molecule has 3 aromatic rings. The van der Waals surface area contributed by atoms with E-state index in [1.165, 1.54) is 0 Å². The Hall–Kier alpha value is -4.16. The highest BCUT2D eigenvalue weighted by Gasteiger charge is 2.36. The topological polar surface area (TPSA) is 117 Å². The van der Waals surface area contributed by atoms with E-state index in [9.17, 15) is 14.4 Å². The molecule has 4 amide bonds. The van der Waals surface area contributed by atoms with Crippen molar-refractivity contribution in [1.82, 2.24) is 34.5 Å². The number of nitrogens with zero attached hydrogens (tertiary/aromatic N) is 6. The van der Waals surface area contributed by atoms with Gasteiger partial charge in [-0.15, -0.1) is 0 Å². The first kappa shape index (κ1) is 32.4. The number of piperazine rings is 1. The fourth-order valence-corrected chi connectivity index (χ4v) is 7.95. The highest BCUT2D eigenvalue weighted by molar-refractivity contribution is 5.91. The lowest BCUT2D eigenvalue weighted by Crippen LogP contribution is -2.54. The number of aryl methyl sites for hydroxylation is 1. The first-order valence-corrected chi connectivity index (χ1v) is 17.6. The number of para-hydroxylation sites is 1. The van der Waals surface area contributed by atoms with Crippen LogP contribution in [0.1, 0.15) is 42.4 Å². The lowest BCUT2D eigenvalue weighted by atomic mass is 9.99. The number of likely N-dealkylation sites (tertiary alicyclic amines) is 2. The zero-order chi connectivity index (χ0) is 33.2. The molecule has 1 unspecified atom stereocenters. The van der Waals surface area contributed by atoms with Crippen LogP contribution in [-0.4, -0.2) is 137 Å². The molecular weight excluding hydrogens is 608 g/mol. The molecule has 1 atom stereocenters. The van der Waals surface area contributed by atoms with Crippen molar-refractivity contribution >= 4 is 34.8 Å². The molecule has 4 aliphatic rings. The largest absolute Gasteiger partial charge is 0.436 e. The summed E-state index contributed by atoms with van der Waals surface area (Å²) in [6.45, 7) is 9.20. The summed E-state index contributed by atoms with van der Waals surface area (Å²) in [7, 11) is 2.17. The van der Waals surface area contributed by atoms with Gasteiger partial charge in [-0.3, -0.25) is 9.69 Å². The van der Waals surface area contributed by atoms with Gasteiger partial charge in [-0.05, 0) is 74.9 Å². The monoisotopic (exact) mass is 656 g/mol. The molecule has 0 aliphatic carbocycles. The highest BCUT2D eigenvalue weighted by Crippen LogP contribution is 2.26. The Kier molecular flexibility index (Phi) is 9.54. The minimum atomic E-state index is -0.930. The van der Waals surface area contributed by atoms with Crippen molar-refractivity contribution in [2.45, 2.75) is 63.6 Å². The maximum absolute atomic E-state index is 14.1. The third-order valence-corrected chi connectivity index (χ3v) is 10.9. The van der Waals surface area contributed by atoms with Gasteiger partial charge in [0.1, 0.15) is 0 Å². The van der Waals surface area contributed by atoms with Crippen LogP contribution >= 0.6 is 0 Å². The van der Waals surface area contributed by atoms with Crippen LogP contribution in [0.5, 0.6) is 0 Å². The number of benzene rings is 2. The van der Waals surface area contributed by atoms with Crippen LogP contribution in [0.15, 0.2) is 42.7 Å². The number of piperidine rings is 2. The number of anilines is 1. The first-order valence-electron chi connectivity index (χ1n) is 17.6. The summed E-state index contributed by atoms with van der Waals surface area (Å²) in [6.07, 6.45) is 4.53. The molecule has 4 aliphatic heterocycles. The Labute approximate surface area is 282 Å². The van der Waals surface area contributed by atoms with Gasteiger partial charge in [0.25, 0.3) is 5.91 Å². The average Bonchev–Trinajstić information content (AvgIpc) is 3.52. The molecule has 12 nitrogen and oxygen atoms in total. The van der Waals surface area contributed by atoms with E-state index >= 15 is 0 Å². The van der Waals surface area contributed by atoms with Crippen molar-refractivity contribution in [3.8, 4) is 0 Å². The molecule has 256 valence electrons. The zero-order valence-corrected chi connectivity index (χ0v) is 28.2. The van der Waals surface area contributed by atoms with Crippen molar-refractivity contribution in [3.05, 3.63) is 59.4 Å². The maximum Gasteiger partial charge on any atom is 0.410 e. The second kappa shape index (κ2) is 14.1. The summed E-state index contributed by atoms with van der Waals surface area (Å²) in [4.78, 5) is 58.9. The molecule has 12 heteroatoms. The second-order valence-electron chi connectivity index (χ2n) is 13.9. The molecule has 2 aromatic carbocycles. The number of imidazole rings is 1. The molecule has 5 heterocycles. The first-order chi connectivity index (χ1) is 23.3. The number of rotatable bonds is 6. The van der Waals surface area contributed by atoms with Crippen molar-refractivity contribution in [3.63, 3.8) is 0 Å². The number of hydrogen-bond acceptors (Lipinski definition) is 7. The predicted octanol–water partition coefficient (Wildman–Crippen LogP) is 3.71. The van der Waals surface area contributed by atoms with Crippen LogP contribution < -0.4 is 5.32 Å². The Morgan fingerprint density at radius 3 is 2.40 bits per heavy atom. The van der Waals surface area contributed by atoms with Crippen LogP contribution in [0.3, 0.4) is 0 Å². The number of urea groups is 1. The number of aromatic nitrogens is 2. The molecule has 0 spiro atoms. The fraction of sp³-hybridized carbons (Fsp3) is 0.556. The van der Waals surface area contributed by atoms with Gasteiger partial charge < -0.3 is 34.6 Å². The van der Waals surface area contributed by atoms with Crippen LogP contribution in [0, 0.1) is 6.92 Å². The van der Waals surface area contributed by atoms with E-state index in [2.05, 4.69) is 38.2 Å². The number of fused-ring (bicyclic) bond motifs is 2. The molecule has 0 bridgehead atoms. The van der Waals surface area contributed by atoms with Crippen molar-refractivity contribution in [2.24, 2.45) is 0 Å². The number of nitrogens with one attached hydrogen (secondary N) is 2. The van der Waals surface area contributed by atoms with Gasteiger partial charge in [-0.1, -0.05) is 24.3 Å². The van der Waals surface area contributed by atoms with E-state index in [0.29, 0.717) is 51.6 Å². The van der Waals surface area contributed by atoms with E-state index in [4.69, 9.17) is 4.74 Å². The van der Waals surface area contributed by atoms with Gasteiger partial charge in [-0.25, -0.2) is 14.6 Å². The molecule has 2 N–H and O–H groups in total. The van der Waals surface area contributed by atoms with Crippen LogP contribution in [0.4, 0.5) is 15.3 Å². The van der Waals surface area contributed by atoms with E-state index in [0.717, 1.165) is 78.9 Å². The zero-order valence-electron chi connectivity index (χ0n) is 28.2. The maximum atomic E-state index is 14.1. The quantitative estimate of drug-likeness (QED) is 0.416. The summed E-state index contributed by atoms with van der Waals surface area (Å²) in [5.74, 6) is -0.129. The summed E-state index contributed by atoms with van der Waals surface area (Å²) >= 11 is 0. The lowest BCUT2D eigenvalue weighted by Gasteiger charge is -2.42. The molecule has 1 aromatic heterocycles. The normalized spacial score (nSPS) is 21.1. The molecule has 7 rings (SSSR count). The van der Waals surface area contributed by atoms with Gasteiger partial charge in [0, 0.05) is 83.1 Å². The molecule has 0 radical (unpaired) electrons. The number of hydrogen-bond donors (Lipinski definition) is 2. The van der Waals surface area contributed by atoms with Gasteiger partial charge in [0.2, 0.25) is 0 Å². The van der Waals surface area contributed by atoms with E-state index in [-0.39, 0.29) is 24.4 Å². The minimum Gasteiger partial charge on any atom is -0.436 e. The van der Waals surface area contributed by atoms with Crippen LogP contribution in [0.25, 0.3) is 11.0 Å². The third kappa shape index (κ3) is 7.00. The van der Waals surface area contributed by atoms with Crippen molar-refractivity contribution < 1.29 is 19.1 Å². The highest BCUT2D eigenvalue weighted by atomic mass is 16.6. The Bertz CT molecular complexity index is 1620. The SMILES string of the molecule is Cc1cc(CC(OC(=O)N2CCC(N3CCc4ccccc4NC3=O)CC2)C(=O)N2CCC(N3CCN(C)CC3)CC2)cc2nc[nH]c12. The molecule has 3 fully saturated rings. The number of carbonyl (C=O) groups is 3. The summed E-state index contributed by atoms with van der Waals surface area (Å²) < 4.78 is 6.12. The average molecular weight is 657 g/mol. The molecule has 0 saturated carbocycles. The number of aromatic amines is 1. The van der Waals surface area contributed by atoms with E-state index in [1.807, 2.05) is 47.1 Å². The van der Waals surface area contributed by atoms with Gasteiger partial charge >= 0.3 is 12.1 Å². The number of carbonyl (C=O) groups excluding carboxylic acids is 3. The smallest absolute Gasteiger partial charge is 0.410 e. The Morgan fingerprint density at radius 2 is 1.62 bits per heavy atom. The van der Waals surface area contributed by atoms with Crippen molar-refractivity contribution in [2.75, 3.05) is 71.3 Å². The van der Waals surface area contributed by atoms with Gasteiger partial charge in [0.15, 0.2) is 6.10 Å². The third-order valence-electron chi connectivity index (χ3n) is 10.9. The lowest BCUT2D eigenvalue weighted by molar-refractivity contribution is -0.142. The Balaban J connectivity index is 0.996. The summed E-state index contributed by atoms with van der Waals surface area (Å²) in [6, 6.07) is 12.4. The summed E-state index contributed by atoms with van der Waals surface area (Å²) in [5, 5.41) is 3.06. The number of amides is 4. The van der Waals surface area contributed by atoms with Crippen molar-refractivity contribution in [1.29, 1.82) is 0 Å². The van der Waals surface area contributed by atoms with Crippen LogP contribution in [0.2, 0.25) is 0 Å². The Morgan fingerprint density at radius 1 is 0.917 bits per heavy atom. The minimum absolute atomic E-state index is 0.0333. The van der Waals surface area contributed by atoms with Crippen LogP contribution in [-0.2, 0) is 22.4 Å². The van der Waals surface area contributed by atoms with Gasteiger partial charge in [-0.2, -0.15) is 0 Å². The molecule has 3 saturated heterocycles. The number of H-pyrrole nitrogens is 1. The fourth-order valence-electron chi connectivity index (χ4n) is 7.95. The van der Waals surface area contributed by atoms with E-state index in [1.54, 1.807) is 11.2 Å². The standard InChI is InChI=1S/C36H48N8O4/c1-25-21-26(22-31-33(25)38-24-37-31)23-32(34(45)42-12-8-28(9-13-42)41-19-17-40(2)18-20-41)48-36(47)43-14-10-29(11-15-43)44-16-7-27-5-3-4-6-30(27)39-35(44)46/h3-6,21-22,24,28-29,32H,7-20,23H2,1-2H3,(H,37,38)(H,39,46).